The first-order valence-corrected chi connectivity index (χ1v) is 11.9. The van der Waals surface area contributed by atoms with Crippen molar-refractivity contribution < 1.29 is 9.47 Å². The molecule has 3 nitrogen and oxygen atoms in total. The van der Waals surface area contributed by atoms with Gasteiger partial charge < -0.3 is 9.47 Å². The van der Waals surface area contributed by atoms with E-state index in [9.17, 15) is 0 Å². The topological polar surface area (TPSA) is 30.8 Å². The van der Waals surface area contributed by atoms with Crippen LogP contribution >= 0.6 is 0 Å². The fourth-order valence-electron chi connectivity index (χ4n) is 4.14. The Kier molecular flexibility index (Phi) is 7.55. The molecular formula is C31H39NO2. The van der Waals surface area contributed by atoms with E-state index in [1.165, 1.54) is 22.3 Å². The van der Waals surface area contributed by atoms with Gasteiger partial charge in [-0.2, -0.15) is 0 Å². The van der Waals surface area contributed by atoms with Gasteiger partial charge in [0.25, 0.3) is 0 Å². The monoisotopic (exact) mass is 457 g/mol. The van der Waals surface area contributed by atoms with Crippen molar-refractivity contribution in [3.8, 4) is 5.75 Å². The predicted octanol–water partition coefficient (Wildman–Crippen LogP) is 8.11. The van der Waals surface area contributed by atoms with Crippen LogP contribution in [0.15, 0.2) is 71.7 Å². The third-order valence-electron chi connectivity index (χ3n) is 6.31. The average Bonchev–Trinajstić information content (AvgIpc) is 2.78. The zero-order valence-electron chi connectivity index (χ0n) is 22.2. The Hall–Kier alpha value is -3.07. The highest BCUT2D eigenvalue weighted by molar-refractivity contribution is 5.90. The minimum atomic E-state index is -0.218. The summed E-state index contributed by atoms with van der Waals surface area (Å²) in [5, 5.41) is 0. The number of para-hydroxylation sites is 1. The molecule has 0 fully saturated rings. The van der Waals surface area contributed by atoms with Crippen molar-refractivity contribution in [2.45, 2.75) is 65.2 Å². The molecule has 0 saturated carbocycles. The molecule has 0 aliphatic carbocycles. The van der Waals surface area contributed by atoms with E-state index < -0.39 is 0 Å². The number of nitrogens with zero attached hydrogens (tertiary/aromatic N) is 1. The first kappa shape index (κ1) is 25.6. The van der Waals surface area contributed by atoms with Gasteiger partial charge in [-0.3, -0.25) is 0 Å². The lowest BCUT2D eigenvalue weighted by Gasteiger charge is -2.28. The second-order valence-electron chi connectivity index (χ2n) is 11.0. The molecule has 180 valence electrons. The molecule has 0 heterocycles. The molecule has 1 unspecified atom stereocenters. The second-order valence-corrected chi connectivity index (χ2v) is 11.0. The van der Waals surface area contributed by atoms with Crippen LogP contribution < -0.4 is 4.74 Å². The van der Waals surface area contributed by atoms with Gasteiger partial charge in [-0.25, -0.2) is 4.99 Å². The standard InChI is InChI=1S/C31H39NO2/c1-21-15-16-22(30(2,3)4)19-25(21)28(29(34-9)32-24-13-11-10-12-14-24)26-20-23(31(5,6)7)17-18-27(26)33-8/h10-20,28H,1-9H3. The summed E-state index contributed by atoms with van der Waals surface area (Å²) < 4.78 is 11.9. The number of ether oxygens (including phenoxy) is 2. The van der Waals surface area contributed by atoms with Crippen molar-refractivity contribution in [3.05, 3.63) is 94.5 Å². The maximum Gasteiger partial charge on any atom is 0.200 e. The molecule has 0 spiro atoms. The lowest BCUT2D eigenvalue weighted by Crippen LogP contribution is -2.21. The Bertz CT molecular complexity index is 1150. The molecule has 0 N–H and O–H groups in total. The molecule has 0 aliphatic rings. The molecule has 3 heteroatoms. The Morgan fingerprint density at radius 3 is 1.82 bits per heavy atom. The fraction of sp³-hybridized carbons (Fsp3) is 0.387. The van der Waals surface area contributed by atoms with Gasteiger partial charge in [0.2, 0.25) is 5.90 Å². The van der Waals surface area contributed by atoms with Crippen LogP contribution in [0.25, 0.3) is 0 Å². The first-order valence-electron chi connectivity index (χ1n) is 11.9. The van der Waals surface area contributed by atoms with Crippen LogP contribution in [-0.4, -0.2) is 20.1 Å². The van der Waals surface area contributed by atoms with Gasteiger partial charge in [0.05, 0.1) is 25.8 Å². The number of aliphatic imine (C=N–C) groups is 1. The van der Waals surface area contributed by atoms with E-state index in [2.05, 4.69) is 84.9 Å². The fourth-order valence-corrected chi connectivity index (χ4v) is 4.14. The highest BCUT2D eigenvalue weighted by Gasteiger charge is 2.30. The first-order chi connectivity index (χ1) is 16.0. The molecule has 0 aliphatic heterocycles. The molecule has 3 aromatic carbocycles. The summed E-state index contributed by atoms with van der Waals surface area (Å²) in [6.07, 6.45) is 0. The average molecular weight is 458 g/mol. The van der Waals surface area contributed by atoms with Gasteiger partial charge in [0.1, 0.15) is 5.75 Å². The smallest absolute Gasteiger partial charge is 0.200 e. The summed E-state index contributed by atoms with van der Waals surface area (Å²) >= 11 is 0. The quantitative estimate of drug-likeness (QED) is 0.286. The van der Waals surface area contributed by atoms with E-state index in [-0.39, 0.29) is 16.7 Å². The third kappa shape index (κ3) is 5.70. The number of methoxy groups -OCH3 is 2. The molecule has 1 atom stereocenters. The van der Waals surface area contributed by atoms with Crippen molar-refractivity contribution >= 4 is 11.6 Å². The molecule has 3 aromatic rings. The van der Waals surface area contributed by atoms with E-state index >= 15 is 0 Å². The summed E-state index contributed by atoms with van der Waals surface area (Å²) in [7, 11) is 3.43. The summed E-state index contributed by atoms with van der Waals surface area (Å²) in [4.78, 5) is 4.97. The van der Waals surface area contributed by atoms with Crippen LogP contribution in [0.5, 0.6) is 5.75 Å². The van der Waals surface area contributed by atoms with Crippen LogP contribution in [-0.2, 0) is 15.6 Å². The van der Waals surface area contributed by atoms with E-state index in [1.54, 1.807) is 14.2 Å². The van der Waals surface area contributed by atoms with Gasteiger partial charge in [0.15, 0.2) is 0 Å². The normalized spacial score (nSPS) is 13.5. The lowest BCUT2D eigenvalue weighted by atomic mass is 9.79. The summed E-state index contributed by atoms with van der Waals surface area (Å²) in [5.41, 5.74) is 6.83. The van der Waals surface area contributed by atoms with Gasteiger partial charge in [-0.15, -0.1) is 0 Å². The van der Waals surface area contributed by atoms with Gasteiger partial charge >= 0.3 is 0 Å². The highest BCUT2D eigenvalue weighted by atomic mass is 16.5. The van der Waals surface area contributed by atoms with E-state index in [4.69, 9.17) is 14.5 Å². The van der Waals surface area contributed by atoms with Gasteiger partial charge in [-0.1, -0.05) is 90.1 Å². The van der Waals surface area contributed by atoms with Crippen molar-refractivity contribution in [1.29, 1.82) is 0 Å². The molecule has 0 aromatic heterocycles. The van der Waals surface area contributed by atoms with Crippen LogP contribution in [0.1, 0.15) is 75.3 Å². The van der Waals surface area contributed by atoms with E-state index in [1.807, 2.05) is 30.3 Å². The zero-order valence-corrected chi connectivity index (χ0v) is 22.2. The number of benzene rings is 3. The van der Waals surface area contributed by atoms with Gasteiger partial charge in [0, 0.05) is 5.56 Å². The van der Waals surface area contributed by atoms with Gasteiger partial charge in [-0.05, 0) is 58.2 Å². The Balaban J connectivity index is 2.36. The number of hydrogen-bond acceptors (Lipinski definition) is 3. The molecular weight excluding hydrogens is 418 g/mol. The van der Waals surface area contributed by atoms with Crippen LogP contribution in [0.3, 0.4) is 0 Å². The highest BCUT2D eigenvalue weighted by Crippen LogP contribution is 2.40. The molecule has 0 saturated heterocycles. The second kappa shape index (κ2) is 10.0. The molecule has 34 heavy (non-hydrogen) atoms. The van der Waals surface area contributed by atoms with E-state index in [0.717, 1.165) is 17.0 Å². The number of rotatable bonds is 5. The minimum Gasteiger partial charge on any atom is -0.496 e. The summed E-state index contributed by atoms with van der Waals surface area (Å²) in [6, 6.07) is 23.2. The van der Waals surface area contributed by atoms with E-state index in [0.29, 0.717) is 5.90 Å². The molecule has 0 radical (unpaired) electrons. The predicted molar refractivity (Wildman–Crippen MR) is 144 cm³/mol. The maximum atomic E-state index is 6.03. The van der Waals surface area contributed by atoms with Crippen molar-refractivity contribution in [3.63, 3.8) is 0 Å². The lowest BCUT2D eigenvalue weighted by molar-refractivity contribution is 0.381. The minimum absolute atomic E-state index is 0.00230. The SMILES string of the molecule is COC(=Nc1ccccc1)C(c1cc(C(C)(C)C)ccc1C)c1cc(C(C)(C)C)ccc1OC. The van der Waals surface area contributed by atoms with Crippen LogP contribution in [0.2, 0.25) is 0 Å². The molecule has 0 amide bonds. The summed E-state index contributed by atoms with van der Waals surface area (Å²) in [6.45, 7) is 15.6. The van der Waals surface area contributed by atoms with Crippen LogP contribution in [0.4, 0.5) is 5.69 Å². The Morgan fingerprint density at radius 1 is 0.735 bits per heavy atom. The third-order valence-corrected chi connectivity index (χ3v) is 6.31. The number of hydrogen-bond donors (Lipinski definition) is 0. The van der Waals surface area contributed by atoms with Crippen LogP contribution in [0, 0.1) is 6.92 Å². The Morgan fingerprint density at radius 2 is 1.29 bits per heavy atom. The van der Waals surface area contributed by atoms with Crippen molar-refractivity contribution in [2.75, 3.05) is 14.2 Å². The maximum absolute atomic E-state index is 6.03. The van der Waals surface area contributed by atoms with Crippen molar-refractivity contribution in [1.82, 2.24) is 0 Å². The Labute approximate surface area is 205 Å². The van der Waals surface area contributed by atoms with Crippen molar-refractivity contribution in [2.24, 2.45) is 4.99 Å². The summed E-state index contributed by atoms with van der Waals surface area (Å²) in [5.74, 6) is 1.26. The molecule has 3 rings (SSSR count). The largest absolute Gasteiger partial charge is 0.496 e. The number of aryl methyl sites for hydroxylation is 1. The molecule has 0 bridgehead atoms. The zero-order chi connectivity index (χ0) is 25.1.